The largest absolute Gasteiger partial charge is 0.480 e. The van der Waals surface area contributed by atoms with Crippen LogP contribution in [0.25, 0.3) is 0 Å². The SMILES string of the molecule is C=CCC(N)(C(=O)O)C(C)C. The Bertz CT molecular complexity index is 165. The quantitative estimate of drug-likeness (QED) is 0.598. The van der Waals surface area contributed by atoms with E-state index in [2.05, 4.69) is 6.58 Å². The highest BCUT2D eigenvalue weighted by molar-refractivity contribution is 5.79. The van der Waals surface area contributed by atoms with Crippen molar-refractivity contribution in [1.82, 2.24) is 0 Å². The van der Waals surface area contributed by atoms with Crippen molar-refractivity contribution in [2.45, 2.75) is 25.8 Å². The van der Waals surface area contributed by atoms with Crippen molar-refractivity contribution in [2.75, 3.05) is 0 Å². The fourth-order valence-electron chi connectivity index (χ4n) is 0.809. The Kier molecular flexibility index (Phi) is 3.26. The molecule has 0 radical (unpaired) electrons. The van der Waals surface area contributed by atoms with E-state index < -0.39 is 11.5 Å². The maximum atomic E-state index is 10.7. The van der Waals surface area contributed by atoms with Crippen molar-refractivity contribution < 1.29 is 9.90 Å². The molecule has 64 valence electrons. The summed E-state index contributed by atoms with van der Waals surface area (Å²) in [4.78, 5) is 10.7. The molecule has 0 rings (SSSR count). The van der Waals surface area contributed by atoms with Crippen LogP contribution >= 0.6 is 0 Å². The van der Waals surface area contributed by atoms with Crippen molar-refractivity contribution in [1.29, 1.82) is 0 Å². The third kappa shape index (κ3) is 2.05. The van der Waals surface area contributed by atoms with Crippen molar-refractivity contribution in [3.63, 3.8) is 0 Å². The Morgan fingerprint density at radius 2 is 2.27 bits per heavy atom. The first-order valence-electron chi connectivity index (χ1n) is 3.58. The van der Waals surface area contributed by atoms with Gasteiger partial charge in [-0.1, -0.05) is 19.9 Å². The van der Waals surface area contributed by atoms with E-state index in [9.17, 15) is 4.79 Å². The summed E-state index contributed by atoms with van der Waals surface area (Å²) in [6, 6.07) is 0. The van der Waals surface area contributed by atoms with Gasteiger partial charge < -0.3 is 10.8 Å². The second-order valence-corrected chi connectivity index (χ2v) is 2.99. The minimum absolute atomic E-state index is 0.0852. The number of carboxylic acids is 1. The molecule has 0 aliphatic heterocycles. The number of hydrogen-bond acceptors (Lipinski definition) is 2. The number of rotatable bonds is 4. The van der Waals surface area contributed by atoms with Crippen molar-refractivity contribution in [3.8, 4) is 0 Å². The lowest BCUT2D eigenvalue weighted by atomic mass is 9.84. The molecule has 0 fully saturated rings. The zero-order chi connectivity index (χ0) is 9.07. The molecule has 3 nitrogen and oxygen atoms in total. The average molecular weight is 157 g/mol. The van der Waals surface area contributed by atoms with Crippen LogP contribution in [0.3, 0.4) is 0 Å². The van der Waals surface area contributed by atoms with E-state index in [1.165, 1.54) is 6.08 Å². The highest BCUT2D eigenvalue weighted by Crippen LogP contribution is 2.18. The van der Waals surface area contributed by atoms with Crippen molar-refractivity contribution >= 4 is 5.97 Å². The van der Waals surface area contributed by atoms with Crippen LogP contribution in [0.2, 0.25) is 0 Å². The minimum atomic E-state index is -1.15. The van der Waals surface area contributed by atoms with Gasteiger partial charge in [-0.3, -0.25) is 4.79 Å². The fraction of sp³-hybridized carbons (Fsp3) is 0.625. The molecule has 3 heteroatoms. The van der Waals surface area contributed by atoms with Crippen LogP contribution in [0.15, 0.2) is 12.7 Å². The smallest absolute Gasteiger partial charge is 0.324 e. The molecule has 0 amide bonds. The van der Waals surface area contributed by atoms with E-state index >= 15 is 0 Å². The van der Waals surface area contributed by atoms with E-state index in [1.54, 1.807) is 13.8 Å². The molecule has 0 saturated carbocycles. The van der Waals surface area contributed by atoms with Gasteiger partial charge in [0.25, 0.3) is 0 Å². The zero-order valence-electron chi connectivity index (χ0n) is 7.00. The molecule has 0 aromatic heterocycles. The molecular formula is C8H15NO2. The lowest BCUT2D eigenvalue weighted by Gasteiger charge is -2.27. The highest BCUT2D eigenvalue weighted by Gasteiger charge is 2.35. The molecule has 1 atom stereocenters. The van der Waals surface area contributed by atoms with E-state index in [0.717, 1.165) is 0 Å². The van der Waals surface area contributed by atoms with Crippen LogP contribution in [0, 0.1) is 5.92 Å². The van der Waals surface area contributed by atoms with Gasteiger partial charge in [0, 0.05) is 0 Å². The van der Waals surface area contributed by atoms with Gasteiger partial charge in [0.15, 0.2) is 0 Å². The molecule has 3 N–H and O–H groups in total. The normalized spacial score (nSPS) is 16.0. The van der Waals surface area contributed by atoms with Gasteiger partial charge in [0.1, 0.15) is 5.54 Å². The lowest BCUT2D eigenvalue weighted by molar-refractivity contribution is -0.145. The van der Waals surface area contributed by atoms with E-state index in [0.29, 0.717) is 6.42 Å². The molecule has 0 aliphatic carbocycles. The lowest BCUT2D eigenvalue weighted by Crippen LogP contribution is -2.52. The molecule has 0 bridgehead atoms. The van der Waals surface area contributed by atoms with E-state index in [-0.39, 0.29) is 5.92 Å². The second-order valence-electron chi connectivity index (χ2n) is 2.99. The minimum Gasteiger partial charge on any atom is -0.480 e. The van der Waals surface area contributed by atoms with Gasteiger partial charge in [0.2, 0.25) is 0 Å². The first kappa shape index (κ1) is 10.2. The summed E-state index contributed by atoms with van der Waals surface area (Å²) >= 11 is 0. The predicted molar refractivity (Wildman–Crippen MR) is 44.2 cm³/mol. The molecule has 0 saturated heterocycles. The van der Waals surface area contributed by atoms with Crippen LogP contribution < -0.4 is 5.73 Å². The zero-order valence-corrected chi connectivity index (χ0v) is 7.00. The Morgan fingerprint density at radius 3 is 2.36 bits per heavy atom. The number of carboxylic acid groups (broad SMARTS) is 1. The number of nitrogens with two attached hydrogens (primary N) is 1. The summed E-state index contributed by atoms with van der Waals surface area (Å²) in [5.74, 6) is -1.05. The molecule has 0 aliphatic rings. The standard InChI is InChI=1S/C8H15NO2/c1-4-5-8(9,6(2)3)7(10)11/h4,6H,1,5,9H2,2-3H3,(H,10,11). The Morgan fingerprint density at radius 1 is 1.82 bits per heavy atom. The first-order valence-corrected chi connectivity index (χ1v) is 3.58. The van der Waals surface area contributed by atoms with Gasteiger partial charge in [0.05, 0.1) is 0 Å². The fourth-order valence-corrected chi connectivity index (χ4v) is 0.809. The monoisotopic (exact) mass is 157 g/mol. The van der Waals surface area contributed by atoms with Crippen LogP contribution in [0.4, 0.5) is 0 Å². The maximum absolute atomic E-state index is 10.7. The molecule has 0 heterocycles. The summed E-state index contributed by atoms with van der Waals surface area (Å²) < 4.78 is 0. The third-order valence-electron chi connectivity index (χ3n) is 1.91. The molecule has 0 aromatic carbocycles. The van der Waals surface area contributed by atoms with Gasteiger partial charge in [-0.05, 0) is 12.3 Å². The molecule has 0 aromatic rings. The maximum Gasteiger partial charge on any atom is 0.324 e. The van der Waals surface area contributed by atoms with Gasteiger partial charge in [-0.15, -0.1) is 6.58 Å². The second kappa shape index (κ2) is 3.53. The summed E-state index contributed by atoms with van der Waals surface area (Å²) in [7, 11) is 0. The van der Waals surface area contributed by atoms with Gasteiger partial charge >= 0.3 is 5.97 Å². The number of aliphatic carboxylic acids is 1. The summed E-state index contributed by atoms with van der Waals surface area (Å²) in [5.41, 5.74) is 4.47. The van der Waals surface area contributed by atoms with E-state index in [4.69, 9.17) is 10.8 Å². The van der Waals surface area contributed by atoms with E-state index in [1.807, 2.05) is 0 Å². The first-order chi connectivity index (χ1) is 4.95. The summed E-state index contributed by atoms with van der Waals surface area (Å²) in [6.07, 6.45) is 1.84. The van der Waals surface area contributed by atoms with Crippen LogP contribution in [0.1, 0.15) is 20.3 Å². The number of hydrogen-bond donors (Lipinski definition) is 2. The third-order valence-corrected chi connectivity index (χ3v) is 1.91. The average Bonchev–Trinajstić information content (AvgIpc) is 1.87. The molecule has 1 unspecified atom stereocenters. The highest BCUT2D eigenvalue weighted by atomic mass is 16.4. The number of carbonyl (C=O) groups is 1. The Hall–Kier alpha value is -0.830. The van der Waals surface area contributed by atoms with Crippen molar-refractivity contribution in [3.05, 3.63) is 12.7 Å². The Balaban J connectivity index is 4.51. The van der Waals surface area contributed by atoms with Crippen LogP contribution in [-0.2, 0) is 4.79 Å². The van der Waals surface area contributed by atoms with Gasteiger partial charge in [-0.2, -0.15) is 0 Å². The Labute approximate surface area is 66.9 Å². The molecule has 11 heavy (non-hydrogen) atoms. The van der Waals surface area contributed by atoms with Crippen LogP contribution in [-0.4, -0.2) is 16.6 Å². The molecular weight excluding hydrogens is 142 g/mol. The summed E-state index contributed by atoms with van der Waals surface area (Å²) in [5, 5.41) is 8.76. The van der Waals surface area contributed by atoms with Crippen molar-refractivity contribution in [2.24, 2.45) is 11.7 Å². The van der Waals surface area contributed by atoms with Gasteiger partial charge in [-0.25, -0.2) is 0 Å². The predicted octanol–water partition coefficient (Wildman–Crippen LogP) is 1.00. The molecule has 0 spiro atoms. The summed E-state index contributed by atoms with van der Waals surface area (Å²) in [6.45, 7) is 7.05. The van der Waals surface area contributed by atoms with Crippen LogP contribution in [0.5, 0.6) is 0 Å². The topological polar surface area (TPSA) is 63.3 Å².